The lowest BCUT2D eigenvalue weighted by molar-refractivity contribution is -0.116. The molecule has 3 aromatic rings. The Balaban J connectivity index is 1.80. The normalized spacial score (nSPS) is 16.0. The third-order valence-electron chi connectivity index (χ3n) is 4.30. The summed E-state index contributed by atoms with van der Waals surface area (Å²) in [6, 6.07) is 15.3. The summed E-state index contributed by atoms with van der Waals surface area (Å²) in [7, 11) is 0. The van der Waals surface area contributed by atoms with Crippen molar-refractivity contribution in [1.82, 2.24) is 9.55 Å². The van der Waals surface area contributed by atoms with Crippen LogP contribution in [0, 0.1) is 17.1 Å². The van der Waals surface area contributed by atoms with Gasteiger partial charge >= 0.3 is 0 Å². The number of fused-ring (bicyclic) bond motifs is 1. The molecular formula is C19H13FN4O. The van der Waals surface area contributed by atoms with Crippen molar-refractivity contribution in [2.24, 2.45) is 0 Å². The molecule has 6 heteroatoms. The number of carbonyl (C=O) groups excluding carboxylic acids is 1. The second kappa shape index (κ2) is 5.87. The highest BCUT2D eigenvalue weighted by molar-refractivity contribution is 5.94. The van der Waals surface area contributed by atoms with E-state index in [0.717, 1.165) is 11.3 Å². The summed E-state index contributed by atoms with van der Waals surface area (Å²) in [4.78, 5) is 16.7. The van der Waals surface area contributed by atoms with Crippen LogP contribution < -0.4 is 5.32 Å². The third-order valence-corrected chi connectivity index (χ3v) is 4.30. The molecule has 5 nitrogen and oxygen atoms in total. The van der Waals surface area contributed by atoms with E-state index in [0.29, 0.717) is 17.1 Å². The smallest absolute Gasteiger partial charge is 0.226 e. The number of imidazole rings is 1. The Labute approximate surface area is 143 Å². The molecule has 1 amide bonds. The molecule has 1 aromatic heterocycles. The minimum Gasteiger partial charge on any atom is -0.310 e. The number of nitriles is 1. The van der Waals surface area contributed by atoms with Crippen molar-refractivity contribution in [2.45, 2.75) is 12.3 Å². The maximum absolute atomic E-state index is 13.5. The zero-order valence-corrected chi connectivity index (χ0v) is 13.1. The highest BCUT2D eigenvalue weighted by Gasteiger charge is 2.30. The van der Waals surface area contributed by atoms with Gasteiger partial charge in [0.25, 0.3) is 0 Å². The minimum atomic E-state index is -0.356. The SMILES string of the molecule is N#Cc1ccc(C2CC(=O)Nc3c2ncn3-c2cccc(F)c2)cc1. The van der Waals surface area contributed by atoms with Gasteiger partial charge in [0.15, 0.2) is 0 Å². The van der Waals surface area contributed by atoms with Gasteiger partial charge in [-0.05, 0) is 35.9 Å². The fourth-order valence-electron chi connectivity index (χ4n) is 3.09. The molecule has 0 fully saturated rings. The highest BCUT2D eigenvalue weighted by Crippen LogP contribution is 2.37. The van der Waals surface area contributed by atoms with Crippen LogP contribution in [-0.4, -0.2) is 15.5 Å². The van der Waals surface area contributed by atoms with Crippen LogP contribution in [0.5, 0.6) is 0 Å². The molecule has 4 rings (SSSR count). The summed E-state index contributed by atoms with van der Waals surface area (Å²) < 4.78 is 15.2. The molecule has 1 atom stereocenters. The van der Waals surface area contributed by atoms with Gasteiger partial charge in [0.05, 0.1) is 23.0 Å². The molecule has 0 bridgehead atoms. The molecule has 0 radical (unpaired) electrons. The van der Waals surface area contributed by atoms with E-state index in [9.17, 15) is 9.18 Å². The molecule has 1 aliphatic heterocycles. The van der Waals surface area contributed by atoms with Gasteiger partial charge in [-0.2, -0.15) is 5.26 Å². The van der Waals surface area contributed by atoms with Crippen LogP contribution in [0.15, 0.2) is 54.9 Å². The maximum atomic E-state index is 13.5. The van der Waals surface area contributed by atoms with Gasteiger partial charge in [0.2, 0.25) is 5.91 Å². The predicted molar refractivity (Wildman–Crippen MR) is 89.8 cm³/mol. The third kappa shape index (κ3) is 2.66. The molecule has 1 unspecified atom stereocenters. The van der Waals surface area contributed by atoms with Crippen LogP contribution in [0.1, 0.15) is 29.2 Å². The van der Waals surface area contributed by atoms with Crippen LogP contribution in [0.2, 0.25) is 0 Å². The number of rotatable bonds is 2. The van der Waals surface area contributed by atoms with Gasteiger partial charge in [-0.15, -0.1) is 0 Å². The van der Waals surface area contributed by atoms with E-state index in [4.69, 9.17) is 5.26 Å². The Hall–Kier alpha value is -3.46. The van der Waals surface area contributed by atoms with Crippen LogP contribution >= 0.6 is 0 Å². The number of halogens is 1. The Bertz CT molecular complexity index is 1000. The molecule has 25 heavy (non-hydrogen) atoms. The number of nitrogens with zero attached hydrogens (tertiary/aromatic N) is 3. The van der Waals surface area contributed by atoms with E-state index >= 15 is 0 Å². The molecule has 0 saturated carbocycles. The van der Waals surface area contributed by atoms with Gasteiger partial charge < -0.3 is 5.32 Å². The number of aromatic nitrogens is 2. The van der Waals surface area contributed by atoms with Crippen LogP contribution in [0.3, 0.4) is 0 Å². The van der Waals surface area contributed by atoms with E-state index in [1.807, 2.05) is 12.1 Å². The molecule has 0 aliphatic carbocycles. The number of anilines is 1. The van der Waals surface area contributed by atoms with Crippen molar-refractivity contribution in [1.29, 1.82) is 5.26 Å². The van der Waals surface area contributed by atoms with E-state index in [1.54, 1.807) is 35.2 Å². The van der Waals surface area contributed by atoms with Crippen molar-refractivity contribution >= 4 is 11.7 Å². The topological polar surface area (TPSA) is 70.7 Å². The van der Waals surface area contributed by atoms with Crippen molar-refractivity contribution < 1.29 is 9.18 Å². The fourth-order valence-corrected chi connectivity index (χ4v) is 3.09. The molecule has 122 valence electrons. The summed E-state index contributed by atoms with van der Waals surface area (Å²) in [6.45, 7) is 0. The zero-order chi connectivity index (χ0) is 17.4. The van der Waals surface area contributed by atoms with Crippen LogP contribution in [0.4, 0.5) is 10.2 Å². The van der Waals surface area contributed by atoms with Gasteiger partial charge in [-0.1, -0.05) is 18.2 Å². The lowest BCUT2D eigenvalue weighted by Gasteiger charge is -2.23. The quantitative estimate of drug-likeness (QED) is 0.782. The number of carbonyl (C=O) groups is 1. The second-order valence-corrected chi connectivity index (χ2v) is 5.87. The number of hydrogen-bond acceptors (Lipinski definition) is 3. The Morgan fingerprint density at radius 2 is 2.04 bits per heavy atom. The molecule has 1 N–H and O–H groups in total. The molecule has 2 heterocycles. The van der Waals surface area contributed by atoms with Crippen LogP contribution in [0.25, 0.3) is 5.69 Å². The lowest BCUT2D eigenvalue weighted by Crippen LogP contribution is -2.24. The maximum Gasteiger partial charge on any atom is 0.226 e. The second-order valence-electron chi connectivity index (χ2n) is 5.87. The minimum absolute atomic E-state index is 0.125. The molecule has 0 saturated heterocycles. The average Bonchev–Trinajstić information content (AvgIpc) is 3.05. The van der Waals surface area contributed by atoms with Gasteiger partial charge in [0, 0.05) is 12.3 Å². The number of nitrogens with one attached hydrogen (secondary N) is 1. The monoisotopic (exact) mass is 332 g/mol. The van der Waals surface area contributed by atoms with Crippen molar-refractivity contribution in [2.75, 3.05) is 5.32 Å². The molecular weight excluding hydrogens is 319 g/mol. The first kappa shape index (κ1) is 15.1. The summed E-state index contributed by atoms with van der Waals surface area (Å²) in [5.41, 5.74) is 2.80. The number of benzene rings is 2. The summed E-state index contributed by atoms with van der Waals surface area (Å²) in [5.74, 6) is -0.131. The number of hydrogen-bond donors (Lipinski definition) is 1. The molecule has 0 spiro atoms. The first-order valence-electron chi connectivity index (χ1n) is 7.79. The first-order chi connectivity index (χ1) is 12.2. The Morgan fingerprint density at radius 3 is 2.76 bits per heavy atom. The van der Waals surface area contributed by atoms with Gasteiger partial charge in [-0.3, -0.25) is 9.36 Å². The van der Waals surface area contributed by atoms with E-state index < -0.39 is 0 Å². The standard InChI is InChI=1S/C19H13FN4O/c20-14-2-1-3-15(8-14)24-11-22-18-16(9-17(25)23-19(18)24)13-6-4-12(10-21)5-7-13/h1-8,11,16H,9H2,(H,23,25). The predicted octanol–water partition coefficient (Wildman–Crippen LogP) is 3.36. The zero-order valence-electron chi connectivity index (χ0n) is 13.1. The van der Waals surface area contributed by atoms with Gasteiger partial charge in [-0.25, -0.2) is 9.37 Å². The lowest BCUT2D eigenvalue weighted by atomic mass is 9.89. The highest BCUT2D eigenvalue weighted by atomic mass is 19.1. The van der Waals surface area contributed by atoms with E-state index in [1.165, 1.54) is 12.1 Å². The number of amides is 1. The summed E-state index contributed by atoms with van der Waals surface area (Å²) in [6.07, 6.45) is 1.86. The Morgan fingerprint density at radius 1 is 1.24 bits per heavy atom. The van der Waals surface area contributed by atoms with Crippen molar-refractivity contribution in [3.05, 3.63) is 77.5 Å². The van der Waals surface area contributed by atoms with Crippen molar-refractivity contribution in [3.63, 3.8) is 0 Å². The molecule has 1 aliphatic rings. The Kier molecular flexibility index (Phi) is 3.55. The average molecular weight is 332 g/mol. The fraction of sp³-hybridized carbons (Fsp3) is 0.105. The van der Waals surface area contributed by atoms with Crippen molar-refractivity contribution in [3.8, 4) is 11.8 Å². The first-order valence-corrected chi connectivity index (χ1v) is 7.79. The van der Waals surface area contributed by atoms with Crippen LogP contribution in [-0.2, 0) is 4.79 Å². The molecule has 2 aromatic carbocycles. The largest absolute Gasteiger partial charge is 0.310 e. The van der Waals surface area contributed by atoms with Gasteiger partial charge in [0.1, 0.15) is 18.0 Å². The summed E-state index contributed by atoms with van der Waals surface area (Å²) in [5, 5.41) is 11.8. The van der Waals surface area contributed by atoms with E-state index in [-0.39, 0.29) is 24.1 Å². The summed E-state index contributed by atoms with van der Waals surface area (Å²) >= 11 is 0. The van der Waals surface area contributed by atoms with E-state index in [2.05, 4.69) is 16.4 Å².